The van der Waals surface area contributed by atoms with Crippen LogP contribution >= 0.6 is 8.02 Å². The number of hydrogen-bond acceptors (Lipinski definition) is 4. The van der Waals surface area contributed by atoms with Crippen LogP contribution in [0, 0.1) is 0 Å². The van der Waals surface area contributed by atoms with E-state index in [0.717, 1.165) is 26.3 Å². The van der Waals surface area contributed by atoms with E-state index in [9.17, 15) is 0 Å². The van der Waals surface area contributed by atoms with E-state index in [-0.39, 0.29) is 0 Å². The van der Waals surface area contributed by atoms with Crippen molar-refractivity contribution >= 4 is 8.02 Å². The Bertz CT molecular complexity index is 635. The normalized spacial score (nSPS) is 29.6. The minimum absolute atomic E-state index is 0.323. The van der Waals surface area contributed by atoms with Crippen molar-refractivity contribution in [2.45, 2.75) is 12.1 Å². The van der Waals surface area contributed by atoms with Gasteiger partial charge in [-0.3, -0.25) is 0 Å². The third kappa shape index (κ3) is 2.03. The lowest BCUT2D eigenvalue weighted by atomic mass is 10.1. The van der Waals surface area contributed by atoms with Crippen LogP contribution in [0.15, 0.2) is 60.7 Å². The highest BCUT2D eigenvalue weighted by molar-refractivity contribution is 7.62. The first-order valence-corrected chi connectivity index (χ1v) is 9.74. The molecule has 0 N–H and O–H groups in total. The van der Waals surface area contributed by atoms with Gasteiger partial charge in [0.25, 0.3) is 0 Å². The van der Waals surface area contributed by atoms with Crippen LogP contribution < -0.4 is 0 Å². The highest BCUT2D eigenvalue weighted by atomic mass is 31.2. The van der Waals surface area contributed by atoms with Gasteiger partial charge in [0.15, 0.2) is 0 Å². The molecule has 3 heterocycles. The van der Waals surface area contributed by atoms with E-state index in [0.29, 0.717) is 12.1 Å². The number of rotatable bonds is 2. The maximum absolute atomic E-state index is 6.35. The fraction of sp³-hybridized carbons (Fsp3) is 0.333. The monoisotopic (exact) mass is 327 g/mol. The summed E-state index contributed by atoms with van der Waals surface area (Å²) in [5.41, 5.74) is 2.66. The highest BCUT2D eigenvalue weighted by Gasteiger charge is 2.73. The molecule has 0 aromatic heterocycles. The molecule has 3 aliphatic rings. The van der Waals surface area contributed by atoms with Crippen LogP contribution in [-0.2, 0) is 9.05 Å². The van der Waals surface area contributed by atoms with E-state index >= 15 is 0 Å². The summed E-state index contributed by atoms with van der Waals surface area (Å²) in [5.74, 6) is 0. The average molecular weight is 327 g/mol. The first kappa shape index (κ1) is 14.1. The van der Waals surface area contributed by atoms with E-state index in [4.69, 9.17) is 9.05 Å². The van der Waals surface area contributed by atoms with Crippen molar-refractivity contribution in [3.8, 4) is 0 Å². The van der Waals surface area contributed by atoms with Crippen LogP contribution in [0.25, 0.3) is 0 Å². The van der Waals surface area contributed by atoms with E-state index in [2.05, 4.69) is 70.0 Å². The Morgan fingerprint density at radius 1 is 0.696 bits per heavy atom. The topological polar surface area (TPSA) is 24.9 Å². The van der Waals surface area contributed by atoms with Gasteiger partial charge in [-0.2, -0.15) is 9.05 Å². The Morgan fingerprint density at radius 2 is 1.13 bits per heavy atom. The zero-order valence-electron chi connectivity index (χ0n) is 12.9. The summed E-state index contributed by atoms with van der Waals surface area (Å²) < 4.78 is 17.7. The molecule has 0 unspecified atom stereocenters. The largest absolute Gasteiger partial charge is 0.437 e. The summed E-state index contributed by atoms with van der Waals surface area (Å²) in [6, 6.07) is 22.0. The second kappa shape index (κ2) is 5.37. The van der Waals surface area contributed by atoms with Gasteiger partial charge >= 0.3 is 8.02 Å². The van der Waals surface area contributed by atoms with E-state index < -0.39 is 8.02 Å². The fourth-order valence-electron chi connectivity index (χ4n) is 4.00. The molecule has 3 aliphatic heterocycles. The molecule has 5 rings (SSSR count). The predicted molar refractivity (Wildman–Crippen MR) is 90.6 cm³/mol. The van der Waals surface area contributed by atoms with Crippen molar-refractivity contribution in [3.63, 3.8) is 0 Å². The Hall–Kier alpha value is -1.29. The third-order valence-corrected chi connectivity index (χ3v) is 8.32. The van der Waals surface area contributed by atoms with E-state index in [1.54, 1.807) is 0 Å². The van der Waals surface area contributed by atoms with Gasteiger partial charge in [-0.25, -0.2) is 0 Å². The van der Waals surface area contributed by atoms with E-state index in [1.165, 1.54) is 11.1 Å². The average Bonchev–Trinajstić information content (AvgIpc) is 3.25. The summed E-state index contributed by atoms with van der Waals surface area (Å²) in [6.45, 7) is 3.51. The molecule has 0 bridgehead atoms. The number of nitrogens with zero attached hydrogens (tertiary/aromatic N) is 2. The molecule has 0 aliphatic carbocycles. The highest BCUT2D eigenvalue weighted by Crippen LogP contribution is 2.80. The number of hydrogen-bond donors (Lipinski definition) is 0. The molecule has 118 valence electrons. The smallest absolute Gasteiger partial charge is 0.170 e. The van der Waals surface area contributed by atoms with Crippen molar-refractivity contribution in [3.05, 3.63) is 71.8 Å². The van der Waals surface area contributed by atoms with Crippen LogP contribution in [0.3, 0.4) is 0 Å². The maximum atomic E-state index is 6.35. The van der Waals surface area contributed by atoms with Crippen LogP contribution in [0.5, 0.6) is 0 Å². The molecule has 0 saturated carbocycles. The summed E-state index contributed by atoms with van der Waals surface area (Å²) in [6.07, 6.45) is 0. The Balaban J connectivity index is 1.46. The lowest BCUT2D eigenvalue weighted by Crippen LogP contribution is -2.22. The summed E-state index contributed by atoms with van der Waals surface area (Å²) in [7, 11) is -2.05. The standard InChI is InChI=1S/C18H20N2O2P/c1-3-7-15(8-4-1)17-13-21-23-19(17)11-12-20(23)18(14-22-23)16-9-5-2-6-10-16/h1-10,17-18H,11-14H2/q+1/t17-,18-,23?/m1/s1. The molecule has 3 saturated heterocycles. The van der Waals surface area contributed by atoms with Crippen LogP contribution in [0.2, 0.25) is 0 Å². The molecule has 5 heteroatoms. The molecule has 4 nitrogen and oxygen atoms in total. The Morgan fingerprint density at radius 3 is 1.57 bits per heavy atom. The molecule has 23 heavy (non-hydrogen) atoms. The zero-order valence-corrected chi connectivity index (χ0v) is 13.8. The summed E-state index contributed by atoms with van der Waals surface area (Å²) >= 11 is 0. The molecule has 2 aromatic rings. The zero-order chi connectivity index (χ0) is 15.3. The van der Waals surface area contributed by atoms with Gasteiger partial charge < -0.3 is 0 Å². The summed E-state index contributed by atoms with van der Waals surface area (Å²) in [5, 5.41) is 0. The first-order valence-electron chi connectivity index (χ1n) is 8.21. The van der Waals surface area contributed by atoms with Gasteiger partial charge in [-0.15, -0.1) is 9.34 Å². The molecule has 2 atom stereocenters. The van der Waals surface area contributed by atoms with Crippen molar-refractivity contribution in [1.29, 1.82) is 0 Å². The van der Waals surface area contributed by atoms with Gasteiger partial charge in [0.1, 0.15) is 25.3 Å². The lowest BCUT2D eigenvalue weighted by molar-refractivity contribution is 0.272. The van der Waals surface area contributed by atoms with E-state index in [1.807, 2.05) is 0 Å². The minimum Gasteiger partial charge on any atom is -0.170 e. The summed E-state index contributed by atoms with van der Waals surface area (Å²) in [4.78, 5) is 0. The Labute approximate surface area is 137 Å². The number of benzene rings is 2. The van der Waals surface area contributed by atoms with Crippen molar-refractivity contribution in [2.24, 2.45) is 0 Å². The Kier molecular flexibility index (Phi) is 3.29. The SMILES string of the molecule is c1ccc([C@H]2CO[P+]34OC[C@H](c5ccccc5)N3CCN24)cc1. The molecule has 0 amide bonds. The molecular weight excluding hydrogens is 307 g/mol. The molecule has 2 aromatic carbocycles. The van der Waals surface area contributed by atoms with Gasteiger partial charge in [-0.1, -0.05) is 60.7 Å². The minimum atomic E-state index is -2.05. The van der Waals surface area contributed by atoms with Crippen LogP contribution in [-0.4, -0.2) is 35.6 Å². The van der Waals surface area contributed by atoms with Crippen molar-refractivity contribution in [1.82, 2.24) is 9.34 Å². The van der Waals surface area contributed by atoms with Crippen molar-refractivity contribution in [2.75, 3.05) is 26.3 Å². The second-order valence-corrected chi connectivity index (χ2v) is 8.79. The van der Waals surface area contributed by atoms with Gasteiger partial charge in [0, 0.05) is 0 Å². The van der Waals surface area contributed by atoms with Crippen molar-refractivity contribution < 1.29 is 9.05 Å². The molecule has 3 fully saturated rings. The van der Waals surface area contributed by atoms with Crippen LogP contribution in [0.4, 0.5) is 0 Å². The lowest BCUT2D eigenvalue weighted by Gasteiger charge is -2.22. The quantitative estimate of drug-likeness (QED) is 0.783. The molecule has 0 radical (unpaired) electrons. The maximum Gasteiger partial charge on any atom is 0.437 e. The van der Waals surface area contributed by atoms with Gasteiger partial charge in [0.05, 0.1) is 13.1 Å². The van der Waals surface area contributed by atoms with Gasteiger partial charge in [0.2, 0.25) is 0 Å². The first-order chi connectivity index (χ1) is 11.4. The fourth-order valence-corrected chi connectivity index (χ4v) is 7.42. The second-order valence-electron chi connectivity index (χ2n) is 6.26. The predicted octanol–water partition coefficient (Wildman–Crippen LogP) is 3.82. The van der Waals surface area contributed by atoms with Crippen LogP contribution in [0.1, 0.15) is 23.2 Å². The molecule has 1 spiro atoms. The third-order valence-electron chi connectivity index (χ3n) is 5.10. The molecular formula is C18H20N2O2P+. The van der Waals surface area contributed by atoms with Gasteiger partial charge in [-0.05, 0) is 11.1 Å².